The Balaban J connectivity index is 0.000000157. The number of amides is 11. The second-order valence-corrected chi connectivity index (χ2v) is 23.4. The molecule has 0 saturated carbocycles. The van der Waals surface area contributed by atoms with Crippen LogP contribution in [0.3, 0.4) is 0 Å². The Morgan fingerprint density at radius 3 is 1.24 bits per heavy atom. The molecule has 0 spiro atoms. The lowest BCUT2D eigenvalue weighted by atomic mass is 10.0. The number of nitriles is 1. The van der Waals surface area contributed by atoms with Crippen LogP contribution in [-0.2, 0) is 34.0 Å². The van der Waals surface area contributed by atoms with Crippen molar-refractivity contribution in [2.75, 3.05) is 89.9 Å². The summed E-state index contributed by atoms with van der Waals surface area (Å²) in [7, 11) is 10.2. The number of fused-ring (bicyclic) bond motifs is 3. The van der Waals surface area contributed by atoms with Gasteiger partial charge in [-0.1, -0.05) is 36.4 Å². The number of hydrogen-bond donors (Lipinski definition) is 1. The highest BCUT2D eigenvalue weighted by Gasteiger charge is 2.41. The molecule has 9 aromatic rings. The maximum absolute atomic E-state index is 13.3. The van der Waals surface area contributed by atoms with Crippen LogP contribution in [0, 0.1) is 11.3 Å². The van der Waals surface area contributed by atoms with Crippen LogP contribution < -0.4 is 34.2 Å². The molecule has 6 aromatic carbocycles. The van der Waals surface area contributed by atoms with Gasteiger partial charge in [0.25, 0.3) is 29.5 Å². The molecule has 1 unspecified atom stereocenters. The fourth-order valence-corrected chi connectivity index (χ4v) is 12.5. The average Bonchev–Trinajstić information content (AvgIpc) is 1.61. The second kappa shape index (κ2) is 28.0. The van der Waals surface area contributed by atoms with E-state index in [1.54, 1.807) is 95.4 Å². The van der Waals surface area contributed by atoms with E-state index >= 15 is 0 Å². The number of carbonyl (C=O) groups excluding carboxylic acids is 8. The molecule has 6 heterocycles. The normalized spacial score (nSPS) is 14.5. The van der Waals surface area contributed by atoms with Gasteiger partial charge in [-0.2, -0.15) is 5.26 Å². The van der Waals surface area contributed by atoms with Gasteiger partial charge in [0.1, 0.15) is 35.9 Å². The minimum absolute atomic E-state index is 0.00536. The summed E-state index contributed by atoms with van der Waals surface area (Å²) in [6.07, 6.45) is 0. The number of hydrogen-bond acceptors (Lipinski definition) is 12. The molecule has 496 valence electrons. The molecule has 0 aliphatic carbocycles. The quantitative estimate of drug-likeness (QED) is 0.0838. The van der Waals surface area contributed by atoms with Gasteiger partial charge in [-0.15, -0.1) is 0 Å². The van der Waals surface area contributed by atoms with Crippen molar-refractivity contribution in [1.29, 1.82) is 5.26 Å². The Kier molecular flexibility index (Phi) is 19.7. The van der Waals surface area contributed by atoms with E-state index in [4.69, 9.17) is 14.2 Å². The minimum Gasteiger partial charge on any atom is -0.494 e. The summed E-state index contributed by atoms with van der Waals surface area (Å²) in [4.78, 5) is 110. The molecule has 23 nitrogen and oxygen atoms in total. The van der Waals surface area contributed by atoms with E-state index in [2.05, 4.69) is 25.1 Å². The van der Waals surface area contributed by atoms with Gasteiger partial charge in [0.2, 0.25) is 0 Å². The van der Waals surface area contributed by atoms with Crippen molar-refractivity contribution in [1.82, 2.24) is 38.6 Å². The van der Waals surface area contributed by atoms with E-state index in [1.807, 2.05) is 133 Å². The molecule has 12 rings (SSSR count). The van der Waals surface area contributed by atoms with Crippen molar-refractivity contribution in [3.05, 3.63) is 144 Å². The van der Waals surface area contributed by atoms with Crippen LogP contribution in [0.25, 0.3) is 66.5 Å². The van der Waals surface area contributed by atoms with Gasteiger partial charge in [-0.3, -0.25) is 24.0 Å². The van der Waals surface area contributed by atoms with Crippen molar-refractivity contribution < 1.29 is 52.6 Å². The van der Waals surface area contributed by atoms with Crippen LogP contribution in [-0.4, -0.2) is 162 Å². The van der Waals surface area contributed by atoms with Crippen molar-refractivity contribution in [3.8, 4) is 57.1 Å². The zero-order chi connectivity index (χ0) is 69.1. The Morgan fingerprint density at radius 1 is 0.510 bits per heavy atom. The molecule has 3 saturated heterocycles. The zero-order valence-corrected chi connectivity index (χ0v) is 56.3. The van der Waals surface area contributed by atoms with Gasteiger partial charge in [0.05, 0.1) is 93.7 Å². The van der Waals surface area contributed by atoms with Crippen LogP contribution in [0.1, 0.15) is 74.7 Å². The molecule has 3 aliphatic rings. The third kappa shape index (κ3) is 12.3. The second-order valence-electron chi connectivity index (χ2n) is 23.4. The number of benzene rings is 6. The molecule has 1 atom stereocenters. The Bertz CT molecular complexity index is 4560. The number of ether oxygens (including phenoxy) is 3. The first-order valence-corrected chi connectivity index (χ1v) is 31.9. The first-order valence-electron chi connectivity index (χ1n) is 31.9. The highest BCUT2D eigenvalue weighted by Crippen LogP contribution is 2.41. The van der Waals surface area contributed by atoms with Crippen LogP contribution in [0.2, 0.25) is 0 Å². The Labute approximate surface area is 556 Å². The largest absolute Gasteiger partial charge is 0.494 e. The van der Waals surface area contributed by atoms with Gasteiger partial charge >= 0.3 is 18.1 Å². The van der Waals surface area contributed by atoms with Crippen LogP contribution in [0.4, 0.5) is 31.4 Å². The number of aromatic nitrogens is 3. The predicted molar refractivity (Wildman–Crippen MR) is 370 cm³/mol. The summed E-state index contributed by atoms with van der Waals surface area (Å²) in [6.45, 7) is 17.3. The smallest absolute Gasteiger partial charge is 0.331 e. The van der Waals surface area contributed by atoms with Crippen molar-refractivity contribution in [3.63, 3.8) is 0 Å². The highest BCUT2D eigenvalue weighted by molar-refractivity contribution is 6.22. The molecule has 1 N–H and O–H groups in total. The number of likely N-dealkylation sites (N-methyl/N-ethyl adjacent to an activating group) is 2. The summed E-state index contributed by atoms with van der Waals surface area (Å²) in [5, 5.41) is 14.9. The third-order valence-corrected chi connectivity index (χ3v) is 17.2. The molecule has 3 fully saturated rings. The SMILES string of the molecule is CCOc1ccc2c(C#N)c(-c3ccc(N4C(=O)CNC4=O)cc3)n(CC)c2c1.CCOc1ccc2c(C(=O)N(C)C)c(-c3ccc(N4C(=O)C(C)N(C)C4=O)cc3)n(CC)c2c1.CCOc1ccc2c(C(=O)N(C)C)c(-c3ccc(N4C(=O)CN(C)C4=O)cc3)n(CC)c2c1. The van der Waals surface area contributed by atoms with E-state index in [-0.39, 0.29) is 54.7 Å². The monoisotopic (exact) mass is 1300 g/mol. The van der Waals surface area contributed by atoms with Gasteiger partial charge in [0.15, 0.2) is 0 Å². The lowest BCUT2D eigenvalue weighted by Crippen LogP contribution is -2.31. The zero-order valence-electron chi connectivity index (χ0n) is 56.3. The average molecular weight is 1300 g/mol. The first-order chi connectivity index (χ1) is 46.1. The maximum atomic E-state index is 13.3. The summed E-state index contributed by atoms with van der Waals surface area (Å²) < 4.78 is 23.3. The number of carbonyl (C=O) groups is 8. The van der Waals surface area contributed by atoms with Gasteiger partial charge in [-0.05, 0) is 138 Å². The number of urea groups is 3. The maximum Gasteiger partial charge on any atom is 0.331 e. The summed E-state index contributed by atoms with van der Waals surface area (Å²) in [5.74, 6) is 1.27. The molecule has 3 aromatic heterocycles. The standard InChI is InChI=1S/C26H30N4O4.C25H28N4O4.C22H20N4O3/c1-7-29-21-15-19(34-8-2)13-14-20(21)22(25(32)27(4)5)23(29)17-9-11-18(12-10-17)30-24(31)16(3)28(6)26(30)33;1-6-28-20-14-18(33-7-2)12-13-19(20)22(24(31)26(3)4)23(28)16-8-10-17(11-9-16)29-21(30)15-27(5)25(29)32;1-3-25-19-11-16(29-4-2)9-10-17(19)18(12-23)21(25)14-5-7-15(8-6-14)26-20(27)13-24-22(26)28/h9-16H,7-8H2,1-6H3;8-14H,6-7,15H2,1-5H3;5-11H,3-4,13H2,1-2H3,(H,24,28). The Morgan fingerprint density at radius 2 is 0.896 bits per heavy atom. The third-order valence-electron chi connectivity index (χ3n) is 17.2. The fraction of sp³-hybridized carbons (Fsp3) is 0.301. The van der Waals surface area contributed by atoms with E-state index in [0.717, 1.165) is 88.6 Å². The molecule has 0 bridgehead atoms. The van der Waals surface area contributed by atoms with E-state index in [0.29, 0.717) is 73.2 Å². The van der Waals surface area contributed by atoms with Gasteiger partial charge in [-0.25, -0.2) is 29.1 Å². The minimum atomic E-state index is -0.501. The molecular weight excluding hydrogens is 1220 g/mol. The number of rotatable bonds is 17. The van der Waals surface area contributed by atoms with E-state index in [9.17, 15) is 43.6 Å². The summed E-state index contributed by atoms with van der Waals surface area (Å²) in [5.41, 5.74) is 11.0. The Hall–Kier alpha value is -11.4. The fourth-order valence-electron chi connectivity index (χ4n) is 12.5. The van der Waals surface area contributed by atoms with Crippen LogP contribution in [0.15, 0.2) is 127 Å². The van der Waals surface area contributed by atoms with Crippen molar-refractivity contribution in [2.45, 2.75) is 74.1 Å². The van der Waals surface area contributed by atoms with Gasteiger partial charge < -0.3 is 52.8 Å². The molecule has 3 aliphatic heterocycles. The number of anilines is 3. The predicted octanol–water partition coefficient (Wildman–Crippen LogP) is 11.7. The van der Waals surface area contributed by atoms with Gasteiger partial charge in [0, 0.05) is 96.3 Å². The molecule has 23 heteroatoms. The lowest BCUT2D eigenvalue weighted by Gasteiger charge is -2.16. The number of imide groups is 3. The summed E-state index contributed by atoms with van der Waals surface area (Å²) in [6, 6.07) is 39.5. The van der Waals surface area contributed by atoms with E-state index < -0.39 is 12.1 Å². The first kappa shape index (κ1) is 67.5. The van der Waals surface area contributed by atoms with E-state index in [1.165, 1.54) is 19.6 Å². The lowest BCUT2D eigenvalue weighted by molar-refractivity contribution is -0.119. The molecular formula is C73H78N12O11. The topological polar surface area (TPSA) is 238 Å². The molecule has 96 heavy (non-hydrogen) atoms. The van der Waals surface area contributed by atoms with Crippen LogP contribution in [0.5, 0.6) is 17.2 Å². The number of nitrogens with zero attached hydrogens (tertiary/aromatic N) is 11. The van der Waals surface area contributed by atoms with Crippen LogP contribution >= 0.6 is 0 Å². The molecule has 0 radical (unpaired) electrons. The number of aryl methyl sites for hydroxylation is 3. The number of nitrogens with one attached hydrogen (secondary N) is 1. The molecule has 11 amide bonds. The van der Waals surface area contributed by atoms with Crippen molar-refractivity contribution in [2.24, 2.45) is 0 Å². The highest BCUT2D eigenvalue weighted by atomic mass is 16.5. The van der Waals surface area contributed by atoms with Crippen molar-refractivity contribution >= 4 is 97.4 Å². The summed E-state index contributed by atoms with van der Waals surface area (Å²) >= 11 is 0.